The molecular formula is C7H19Br2N3S. The summed E-state index contributed by atoms with van der Waals surface area (Å²) in [5.41, 5.74) is 5.18. The maximum atomic E-state index is 6.96. The van der Waals surface area contributed by atoms with Gasteiger partial charge in [-0.3, -0.25) is 5.41 Å². The molecule has 0 unspecified atom stereocenters. The zero-order chi connectivity index (χ0) is 8.91. The molecule has 0 atom stereocenters. The van der Waals surface area contributed by atoms with Gasteiger partial charge in [-0.05, 0) is 0 Å². The van der Waals surface area contributed by atoms with Crippen molar-refractivity contribution >= 4 is 33.9 Å². The van der Waals surface area contributed by atoms with E-state index >= 15 is 0 Å². The third kappa shape index (κ3) is 19.2. The number of amidine groups is 1. The Bertz CT molecular complexity index is 136. The molecule has 0 aromatic rings. The van der Waals surface area contributed by atoms with Crippen LogP contribution in [0.2, 0.25) is 0 Å². The van der Waals surface area contributed by atoms with Crippen LogP contribution in [0, 0.1) is 5.41 Å². The fourth-order valence-corrected chi connectivity index (χ4v) is 1.21. The second-order valence-electron chi connectivity index (χ2n) is 3.58. The first kappa shape index (κ1) is 19.3. The first-order chi connectivity index (χ1) is 4.92. The molecule has 0 saturated carbocycles. The normalized spacial score (nSPS) is 9.77. The summed E-state index contributed by atoms with van der Waals surface area (Å²) >= 11 is 1.42. The fraction of sp³-hybridized carbons (Fsp3) is 0.857. The lowest BCUT2D eigenvalue weighted by Crippen LogP contribution is -3.00. The molecule has 0 aromatic carbocycles. The predicted molar refractivity (Wildman–Crippen MR) is 62.2 cm³/mol. The van der Waals surface area contributed by atoms with E-state index in [4.69, 9.17) is 11.1 Å². The Morgan fingerprint density at radius 2 is 1.85 bits per heavy atom. The molecule has 0 radical (unpaired) electrons. The molecule has 0 rings (SSSR count). The van der Waals surface area contributed by atoms with Gasteiger partial charge < -0.3 is 27.2 Å². The second kappa shape index (κ2) is 9.30. The van der Waals surface area contributed by atoms with E-state index in [1.165, 1.54) is 11.8 Å². The van der Waals surface area contributed by atoms with Gasteiger partial charge in [0.1, 0.15) is 0 Å². The molecule has 0 bridgehead atoms. The molecule has 0 aliphatic heterocycles. The number of halogens is 2. The predicted octanol–water partition coefficient (Wildman–Crippen LogP) is -1.71. The Hall–Kier alpha value is 0.740. The van der Waals surface area contributed by atoms with Crippen molar-refractivity contribution in [2.45, 2.75) is 6.42 Å². The van der Waals surface area contributed by atoms with Crippen LogP contribution >= 0.6 is 28.7 Å². The van der Waals surface area contributed by atoms with Crippen LogP contribution in [0.3, 0.4) is 0 Å². The van der Waals surface area contributed by atoms with Gasteiger partial charge in [0, 0.05) is 12.2 Å². The Morgan fingerprint density at radius 3 is 2.15 bits per heavy atom. The van der Waals surface area contributed by atoms with Crippen LogP contribution in [0.25, 0.3) is 0 Å². The highest BCUT2D eigenvalue weighted by Crippen LogP contribution is 2.02. The van der Waals surface area contributed by atoms with E-state index in [1.807, 2.05) is 0 Å². The van der Waals surface area contributed by atoms with E-state index in [-0.39, 0.29) is 39.1 Å². The SMILES string of the molecule is Br.C[N+](C)(C)CCCSC(=N)N.[Br-]. The summed E-state index contributed by atoms with van der Waals surface area (Å²) in [6, 6.07) is 0. The minimum absolute atomic E-state index is 0. The minimum Gasteiger partial charge on any atom is -1.00 e. The van der Waals surface area contributed by atoms with E-state index in [1.54, 1.807) is 0 Å². The van der Waals surface area contributed by atoms with Crippen LogP contribution in [-0.4, -0.2) is 43.1 Å². The molecule has 3 N–H and O–H groups in total. The van der Waals surface area contributed by atoms with Crippen molar-refractivity contribution in [2.24, 2.45) is 5.73 Å². The molecule has 6 heteroatoms. The standard InChI is InChI=1S/C7H18N3S.2BrH/c1-10(2,3)5-4-6-11-7(8)9;;/h4-6H2,1-3H3,(H3,8,9);2*1H/q+1;;/p-1. The lowest BCUT2D eigenvalue weighted by molar-refractivity contribution is -0.870. The summed E-state index contributed by atoms with van der Waals surface area (Å²) in [4.78, 5) is 0. The van der Waals surface area contributed by atoms with Crippen molar-refractivity contribution in [3.63, 3.8) is 0 Å². The van der Waals surface area contributed by atoms with Crippen LogP contribution in [0.4, 0.5) is 0 Å². The van der Waals surface area contributed by atoms with Gasteiger partial charge in [-0.25, -0.2) is 0 Å². The quantitative estimate of drug-likeness (QED) is 0.278. The van der Waals surface area contributed by atoms with Crippen LogP contribution in [0.1, 0.15) is 6.42 Å². The summed E-state index contributed by atoms with van der Waals surface area (Å²) in [6.45, 7) is 1.14. The van der Waals surface area contributed by atoms with Gasteiger partial charge in [0.15, 0.2) is 5.17 Å². The van der Waals surface area contributed by atoms with Gasteiger partial charge in [-0.15, -0.1) is 17.0 Å². The van der Waals surface area contributed by atoms with Crippen molar-refractivity contribution < 1.29 is 21.5 Å². The van der Waals surface area contributed by atoms with E-state index < -0.39 is 0 Å². The first-order valence-corrected chi connectivity index (χ1v) is 4.67. The molecule has 3 nitrogen and oxygen atoms in total. The number of quaternary nitrogens is 1. The lowest BCUT2D eigenvalue weighted by atomic mass is 10.4. The van der Waals surface area contributed by atoms with Gasteiger partial charge in [0.2, 0.25) is 0 Å². The van der Waals surface area contributed by atoms with Gasteiger partial charge in [0.25, 0.3) is 0 Å². The van der Waals surface area contributed by atoms with Crippen molar-refractivity contribution in [1.29, 1.82) is 5.41 Å². The van der Waals surface area contributed by atoms with Crippen LogP contribution in [0.5, 0.6) is 0 Å². The molecule has 0 aromatic heterocycles. The Balaban J connectivity index is -0.000000500. The summed E-state index contributed by atoms with van der Waals surface area (Å²) < 4.78 is 0.985. The van der Waals surface area contributed by atoms with Crippen LogP contribution < -0.4 is 22.7 Å². The summed E-state index contributed by atoms with van der Waals surface area (Å²) in [6.07, 6.45) is 1.12. The molecule has 0 fully saturated rings. The Labute approximate surface area is 106 Å². The number of nitrogens with zero attached hydrogens (tertiary/aromatic N) is 1. The fourth-order valence-electron chi connectivity index (χ4n) is 0.721. The van der Waals surface area contributed by atoms with Crippen molar-refractivity contribution in [1.82, 2.24) is 0 Å². The largest absolute Gasteiger partial charge is 1.00 e. The second-order valence-corrected chi connectivity index (χ2v) is 4.72. The van der Waals surface area contributed by atoms with Gasteiger partial charge in [-0.2, -0.15) is 0 Å². The topological polar surface area (TPSA) is 49.9 Å². The summed E-state index contributed by atoms with van der Waals surface area (Å²) in [5.74, 6) is 0.963. The van der Waals surface area contributed by atoms with E-state index in [9.17, 15) is 0 Å². The Morgan fingerprint density at radius 1 is 1.38 bits per heavy atom. The number of thioether (sulfide) groups is 1. The number of hydrogen-bond acceptors (Lipinski definition) is 2. The van der Waals surface area contributed by atoms with Crippen LogP contribution in [0.15, 0.2) is 0 Å². The number of rotatable bonds is 4. The number of hydrogen-bond donors (Lipinski definition) is 2. The number of nitrogens with two attached hydrogens (primary N) is 1. The monoisotopic (exact) mass is 335 g/mol. The van der Waals surface area contributed by atoms with E-state index in [0.29, 0.717) is 0 Å². The van der Waals surface area contributed by atoms with E-state index in [0.717, 1.165) is 23.2 Å². The van der Waals surface area contributed by atoms with Crippen molar-refractivity contribution in [3.8, 4) is 0 Å². The molecule has 0 saturated heterocycles. The molecule has 0 spiro atoms. The average Bonchev–Trinajstić information content (AvgIpc) is 1.78. The highest BCUT2D eigenvalue weighted by Gasteiger charge is 2.05. The summed E-state index contributed by atoms with van der Waals surface area (Å²) in [5, 5.41) is 7.19. The van der Waals surface area contributed by atoms with E-state index in [2.05, 4.69) is 21.1 Å². The maximum absolute atomic E-state index is 6.96. The lowest BCUT2D eigenvalue weighted by Gasteiger charge is -2.23. The highest BCUT2D eigenvalue weighted by molar-refractivity contribution is 8.93. The first-order valence-electron chi connectivity index (χ1n) is 3.69. The third-order valence-corrected chi connectivity index (χ3v) is 2.03. The van der Waals surface area contributed by atoms with Gasteiger partial charge >= 0.3 is 0 Å². The van der Waals surface area contributed by atoms with Gasteiger partial charge in [0.05, 0.1) is 27.7 Å². The van der Waals surface area contributed by atoms with Gasteiger partial charge in [-0.1, -0.05) is 11.8 Å². The maximum Gasteiger partial charge on any atom is 0.151 e. The third-order valence-electron chi connectivity index (χ3n) is 1.23. The van der Waals surface area contributed by atoms with Crippen molar-refractivity contribution in [3.05, 3.63) is 0 Å². The Kier molecular flexibility index (Phi) is 13.8. The smallest absolute Gasteiger partial charge is 0.151 e. The molecule has 0 amide bonds. The van der Waals surface area contributed by atoms with Crippen molar-refractivity contribution in [2.75, 3.05) is 33.4 Å². The number of nitrogens with one attached hydrogen (secondary N) is 1. The molecule has 0 aliphatic carbocycles. The zero-order valence-corrected chi connectivity index (χ0v) is 12.5. The minimum atomic E-state index is 0. The molecule has 13 heavy (non-hydrogen) atoms. The molecule has 0 heterocycles. The molecular weight excluding hydrogens is 318 g/mol. The average molecular weight is 337 g/mol. The van der Waals surface area contributed by atoms with Crippen LogP contribution in [-0.2, 0) is 0 Å². The highest BCUT2D eigenvalue weighted by atomic mass is 79.9. The summed E-state index contributed by atoms with van der Waals surface area (Å²) in [7, 11) is 6.50. The zero-order valence-electron chi connectivity index (χ0n) is 8.34. The molecule has 82 valence electrons. The molecule has 0 aliphatic rings.